The number of hydrogen-bond donors (Lipinski definition) is 2. The van der Waals surface area contributed by atoms with Gasteiger partial charge in [0.05, 0.1) is 4.88 Å². The topological polar surface area (TPSA) is 63.3 Å². The average Bonchev–Trinajstić information content (AvgIpc) is 3.06. The zero-order valence-electron chi connectivity index (χ0n) is 11.8. The molecule has 0 saturated heterocycles. The van der Waals surface area contributed by atoms with Crippen LogP contribution < -0.4 is 5.73 Å². The van der Waals surface area contributed by atoms with E-state index in [2.05, 4.69) is 0 Å². The monoisotopic (exact) mass is 309 g/mol. The Bertz CT molecular complexity index is 742. The minimum atomic E-state index is -1.30. The van der Waals surface area contributed by atoms with Crippen LogP contribution in [-0.4, -0.2) is 11.0 Å². The van der Waals surface area contributed by atoms with E-state index < -0.39 is 11.5 Å². The molecule has 1 heterocycles. The molecule has 0 aliphatic rings. The van der Waals surface area contributed by atoms with Crippen molar-refractivity contribution in [3.05, 3.63) is 93.7 Å². The summed E-state index contributed by atoms with van der Waals surface area (Å²) in [5, 5.41) is 11.5. The Labute approximate surface area is 132 Å². The molecule has 3 nitrogen and oxygen atoms in total. The lowest BCUT2D eigenvalue weighted by Gasteiger charge is -2.28. The Kier molecular flexibility index (Phi) is 3.79. The van der Waals surface area contributed by atoms with Crippen molar-refractivity contribution in [1.29, 1.82) is 0 Å². The third-order valence-electron chi connectivity index (χ3n) is 3.59. The van der Waals surface area contributed by atoms with Crippen molar-refractivity contribution in [2.24, 2.45) is 5.73 Å². The first-order valence-corrected chi connectivity index (χ1v) is 7.67. The van der Waals surface area contributed by atoms with Gasteiger partial charge in [0.2, 0.25) is 0 Å². The molecule has 3 rings (SSSR count). The molecule has 2 aromatic carbocycles. The minimum absolute atomic E-state index is 0.431. The van der Waals surface area contributed by atoms with Gasteiger partial charge in [-0.25, -0.2) is 0 Å². The summed E-state index contributed by atoms with van der Waals surface area (Å²) in [5.41, 5.74) is 5.53. The summed E-state index contributed by atoms with van der Waals surface area (Å²) in [5.74, 6) is -0.486. The van der Waals surface area contributed by atoms with E-state index in [-0.39, 0.29) is 0 Å². The summed E-state index contributed by atoms with van der Waals surface area (Å²) in [7, 11) is 0. The summed E-state index contributed by atoms with van der Waals surface area (Å²) in [6.45, 7) is 0. The van der Waals surface area contributed by atoms with Crippen LogP contribution in [0.5, 0.6) is 0 Å². The highest BCUT2D eigenvalue weighted by atomic mass is 32.1. The van der Waals surface area contributed by atoms with Crippen LogP contribution in [0.2, 0.25) is 0 Å². The van der Waals surface area contributed by atoms with Gasteiger partial charge in [0.15, 0.2) is 0 Å². The molecule has 1 aromatic heterocycles. The molecular formula is C18H15NO2S. The number of aliphatic hydroxyl groups is 1. The summed E-state index contributed by atoms with van der Waals surface area (Å²) >= 11 is 1.21. The Hall–Kier alpha value is -2.43. The Morgan fingerprint density at radius 2 is 1.36 bits per heavy atom. The summed E-state index contributed by atoms with van der Waals surface area (Å²) in [6.07, 6.45) is 0. The number of carbonyl (C=O) groups is 1. The van der Waals surface area contributed by atoms with Gasteiger partial charge in [-0.05, 0) is 23.3 Å². The van der Waals surface area contributed by atoms with Crippen LogP contribution in [0.3, 0.4) is 0 Å². The van der Waals surface area contributed by atoms with Gasteiger partial charge < -0.3 is 10.8 Å². The second-order valence-corrected chi connectivity index (χ2v) is 6.05. The first kappa shape index (κ1) is 14.5. The van der Waals surface area contributed by atoms with Gasteiger partial charge in [0.25, 0.3) is 5.91 Å². The number of thiophene rings is 1. The first-order valence-electron chi connectivity index (χ1n) is 6.86. The molecule has 22 heavy (non-hydrogen) atoms. The van der Waals surface area contributed by atoms with E-state index in [9.17, 15) is 9.90 Å². The molecule has 3 aromatic rings. The quantitative estimate of drug-likeness (QED) is 0.777. The molecule has 4 heteroatoms. The molecule has 1 amide bonds. The SMILES string of the molecule is NC(=O)c1ccc(C(O)(c2ccccc2)c2ccccc2)s1. The predicted octanol–water partition coefficient (Wildman–Crippen LogP) is 3.13. The van der Waals surface area contributed by atoms with Crippen LogP contribution in [-0.2, 0) is 5.60 Å². The van der Waals surface area contributed by atoms with Crippen LogP contribution >= 0.6 is 11.3 Å². The predicted molar refractivity (Wildman–Crippen MR) is 87.8 cm³/mol. The van der Waals surface area contributed by atoms with E-state index in [1.807, 2.05) is 60.7 Å². The Morgan fingerprint density at radius 1 is 0.864 bits per heavy atom. The second kappa shape index (κ2) is 5.75. The molecule has 0 fully saturated rings. The molecule has 0 aliphatic heterocycles. The summed E-state index contributed by atoms with van der Waals surface area (Å²) in [6, 6.07) is 22.2. The Balaban J connectivity index is 2.21. The second-order valence-electron chi connectivity index (χ2n) is 4.97. The molecule has 3 N–H and O–H groups in total. The molecule has 0 aliphatic carbocycles. The summed E-state index contributed by atoms with van der Waals surface area (Å²) in [4.78, 5) is 12.5. The van der Waals surface area contributed by atoms with Gasteiger partial charge in [-0.15, -0.1) is 11.3 Å². The number of hydrogen-bond acceptors (Lipinski definition) is 3. The largest absolute Gasteiger partial charge is 0.375 e. The summed E-state index contributed by atoms with van der Waals surface area (Å²) < 4.78 is 0. The number of rotatable bonds is 4. The highest BCUT2D eigenvalue weighted by molar-refractivity contribution is 7.14. The fraction of sp³-hybridized carbons (Fsp3) is 0.0556. The number of primary amides is 1. The van der Waals surface area contributed by atoms with Crippen LogP contribution in [0, 0.1) is 0 Å². The molecule has 0 unspecified atom stereocenters. The molecule has 110 valence electrons. The van der Waals surface area contributed by atoms with Gasteiger partial charge in [0.1, 0.15) is 5.60 Å². The zero-order valence-corrected chi connectivity index (χ0v) is 12.6. The van der Waals surface area contributed by atoms with Crippen LogP contribution in [0.25, 0.3) is 0 Å². The van der Waals surface area contributed by atoms with Crippen molar-refractivity contribution in [1.82, 2.24) is 0 Å². The van der Waals surface area contributed by atoms with Crippen LogP contribution in [0.4, 0.5) is 0 Å². The molecule has 0 spiro atoms. The number of nitrogens with two attached hydrogens (primary N) is 1. The molecule has 0 radical (unpaired) electrons. The normalized spacial score (nSPS) is 11.3. The van der Waals surface area contributed by atoms with Crippen molar-refractivity contribution in [2.45, 2.75) is 5.60 Å². The van der Waals surface area contributed by atoms with Gasteiger partial charge in [0, 0.05) is 4.88 Å². The number of carbonyl (C=O) groups excluding carboxylic acids is 1. The highest BCUT2D eigenvalue weighted by Gasteiger charge is 2.35. The highest BCUT2D eigenvalue weighted by Crippen LogP contribution is 2.39. The molecule has 0 bridgehead atoms. The van der Waals surface area contributed by atoms with Gasteiger partial charge in [-0.2, -0.15) is 0 Å². The van der Waals surface area contributed by atoms with Crippen molar-refractivity contribution < 1.29 is 9.90 Å². The van der Waals surface area contributed by atoms with Crippen LogP contribution in [0.15, 0.2) is 72.8 Å². The van der Waals surface area contributed by atoms with E-state index in [1.54, 1.807) is 12.1 Å². The maximum Gasteiger partial charge on any atom is 0.258 e. The van der Waals surface area contributed by atoms with Gasteiger partial charge in [-0.1, -0.05) is 60.7 Å². The maximum absolute atomic E-state index is 11.5. The van der Waals surface area contributed by atoms with Gasteiger partial charge >= 0.3 is 0 Å². The minimum Gasteiger partial charge on any atom is -0.375 e. The standard InChI is InChI=1S/C18H15NO2S/c19-17(20)15-11-12-16(22-15)18(21,13-7-3-1-4-8-13)14-9-5-2-6-10-14/h1-12,21H,(H2,19,20). The van der Waals surface area contributed by atoms with Crippen molar-refractivity contribution >= 4 is 17.2 Å². The van der Waals surface area contributed by atoms with E-state index >= 15 is 0 Å². The smallest absolute Gasteiger partial charge is 0.258 e. The third-order valence-corrected chi connectivity index (χ3v) is 4.80. The average molecular weight is 309 g/mol. The fourth-order valence-electron chi connectivity index (χ4n) is 2.47. The fourth-order valence-corrected chi connectivity index (χ4v) is 3.47. The third kappa shape index (κ3) is 2.43. The van der Waals surface area contributed by atoms with Crippen molar-refractivity contribution in [3.8, 4) is 0 Å². The van der Waals surface area contributed by atoms with E-state index in [0.29, 0.717) is 9.75 Å². The van der Waals surface area contributed by atoms with Crippen molar-refractivity contribution in [3.63, 3.8) is 0 Å². The van der Waals surface area contributed by atoms with E-state index in [1.165, 1.54) is 11.3 Å². The van der Waals surface area contributed by atoms with Gasteiger partial charge in [-0.3, -0.25) is 4.79 Å². The first-order chi connectivity index (χ1) is 10.6. The maximum atomic E-state index is 11.5. The zero-order chi connectivity index (χ0) is 15.6. The lowest BCUT2D eigenvalue weighted by Crippen LogP contribution is -2.27. The molecular weight excluding hydrogens is 294 g/mol. The number of amides is 1. The Morgan fingerprint density at radius 3 is 1.77 bits per heavy atom. The van der Waals surface area contributed by atoms with E-state index in [0.717, 1.165) is 11.1 Å². The number of benzene rings is 2. The van der Waals surface area contributed by atoms with Crippen molar-refractivity contribution in [2.75, 3.05) is 0 Å². The lowest BCUT2D eigenvalue weighted by molar-refractivity contribution is 0.100. The molecule has 0 atom stereocenters. The van der Waals surface area contributed by atoms with Crippen LogP contribution in [0.1, 0.15) is 25.7 Å². The lowest BCUT2D eigenvalue weighted by atomic mass is 9.85. The van der Waals surface area contributed by atoms with E-state index in [4.69, 9.17) is 5.73 Å². The molecule has 0 saturated carbocycles.